The number of carbonyl (C=O) groups excluding carboxylic acids is 1. The number of esters is 1. The van der Waals surface area contributed by atoms with Gasteiger partial charge in [-0.25, -0.2) is 4.79 Å². The first kappa shape index (κ1) is 17.2. The second kappa shape index (κ2) is 7.23. The van der Waals surface area contributed by atoms with Gasteiger partial charge in [-0.1, -0.05) is 11.2 Å². The number of hydrogen-bond acceptors (Lipinski definition) is 8. The summed E-state index contributed by atoms with van der Waals surface area (Å²) in [7, 11) is 0. The molecule has 0 fully saturated rings. The van der Waals surface area contributed by atoms with Gasteiger partial charge in [0.25, 0.3) is 0 Å². The SMILES string of the molecule is O=C(/C=C\c1ccc2c(c1)OCO2)OCc1cc(-c2ccc3c(c2)OCO3)on1. The second-order valence-corrected chi connectivity index (χ2v) is 6.30. The quantitative estimate of drug-likeness (QED) is 0.480. The van der Waals surface area contributed by atoms with Crippen LogP contribution in [0.2, 0.25) is 0 Å². The van der Waals surface area contributed by atoms with E-state index in [0.29, 0.717) is 34.5 Å². The lowest BCUT2D eigenvalue weighted by Crippen LogP contribution is -2.00. The summed E-state index contributed by atoms with van der Waals surface area (Å²) < 4.78 is 31.8. The van der Waals surface area contributed by atoms with E-state index in [1.807, 2.05) is 18.2 Å². The third kappa shape index (κ3) is 3.60. The summed E-state index contributed by atoms with van der Waals surface area (Å²) in [5.41, 5.74) is 2.10. The molecule has 0 amide bonds. The Hall–Kier alpha value is -3.94. The standard InChI is InChI=1S/C21H15NO7/c23-21(6-2-13-1-4-16-19(7-13)27-11-25-16)24-10-15-9-18(29-22-15)14-3-5-17-20(8-14)28-12-26-17/h1-9H,10-12H2/b6-2-. The Balaban J connectivity index is 1.19. The predicted molar refractivity (Wildman–Crippen MR) is 99.5 cm³/mol. The first-order chi connectivity index (χ1) is 14.2. The molecule has 0 unspecified atom stereocenters. The molecule has 8 nitrogen and oxygen atoms in total. The zero-order chi connectivity index (χ0) is 19.6. The Labute approximate surface area is 165 Å². The molecule has 3 heterocycles. The van der Waals surface area contributed by atoms with Crippen LogP contribution in [0, 0.1) is 0 Å². The molecule has 0 N–H and O–H groups in total. The fourth-order valence-electron chi connectivity index (χ4n) is 2.94. The lowest BCUT2D eigenvalue weighted by Gasteiger charge is -1.99. The smallest absolute Gasteiger partial charge is 0.331 e. The van der Waals surface area contributed by atoms with Crippen molar-refractivity contribution in [1.82, 2.24) is 5.16 Å². The van der Waals surface area contributed by atoms with Gasteiger partial charge in [-0.15, -0.1) is 0 Å². The maximum atomic E-state index is 12.0. The average molecular weight is 393 g/mol. The minimum absolute atomic E-state index is 0.00162. The molecule has 0 saturated heterocycles. The van der Waals surface area contributed by atoms with Crippen molar-refractivity contribution in [3.05, 3.63) is 59.8 Å². The average Bonchev–Trinajstić information content (AvgIpc) is 3.49. The molecule has 0 aliphatic carbocycles. The Bertz CT molecular complexity index is 1100. The first-order valence-corrected chi connectivity index (χ1v) is 8.85. The van der Waals surface area contributed by atoms with Gasteiger partial charge in [0, 0.05) is 17.7 Å². The number of rotatable bonds is 5. The van der Waals surface area contributed by atoms with Crippen LogP contribution >= 0.6 is 0 Å². The van der Waals surface area contributed by atoms with E-state index in [1.54, 1.807) is 30.3 Å². The van der Waals surface area contributed by atoms with Crippen molar-refractivity contribution in [3.63, 3.8) is 0 Å². The van der Waals surface area contributed by atoms with Crippen LogP contribution in [0.4, 0.5) is 0 Å². The molecule has 2 aliphatic rings. The summed E-state index contributed by atoms with van der Waals surface area (Å²) in [6.45, 7) is 0.408. The van der Waals surface area contributed by atoms with E-state index in [0.717, 1.165) is 11.1 Å². The van der Waals surface area contributed by atoms with Gasteiger partial charge in [0.2, 0.25) is 13.6 Å². The highest BCUT2D eigenvalue weighted by Gasteiger charge is 2.16. The van der Waals surface area contributed by atoms with Gasteiger partial charge in [-0.2, -0.15) is 0 Å². The molecule has 5 rings (SSSR count). The van der Waals surface area contributed by atoms with Gasteiger partial charge in [0.05, 0.1) is 0 Å². The number of fused-ring (bicyclic) bond motifs is 2. The maximum absolute atomic E-state index is 12.0. The topological polar surface area (TPSA) is 89.3 Å². The summed E-state index contributed by atoms with van der Waals surface area (Å²) in [6, 6.07) is 12.6. The molecule has 146 valence electrons. The third-order valence-corrected chi connectivity index (χ3v) is 4.39. The van der Waals surface area contributed by atoms with E-state index >= 15 is 0 Å². The summed E-state index contributed by atoms with van der Waals surface area (Å²) in [5.74, 6) is 2.74. The highest BCUT2D eigenvalue weighted by atomic mass is 16.7. The third-order valence-electron chi connectivity index (χ3n) is 4.39. The van der Waals surface area contributed by atoms with Crippen molar-refractivity contribution < 1.29 is 33.0 Å². The molecular weight excluding hydrogens is 378 g/mol. The Morgan fingerprint density at radius 3 is 2.48 bits per heavy atom. The number of hydrogen-bond donors (Lipinski definition) is 0. The van der Waals surface area contributed by atoms with Gasteiger partial charge in [0.1, 0.15) is 12.3 Å². The summed E-state index contributed by atoms with van der Waals surface area (Å²) in [4.78, 5) is 12.0. The van der Waals surface area contributed by atoms with Crippen molar-refractivity contribution in [1.29, 1.82) is 0 Å². The molecule has 0 saturated carbocycles. The van der Waals surface area contributed by atoms with Crippen molar-refractivity contribution in [2.24, 2.45) is 0 Å². The molecule has 1 aromatic heterocycles. The van der Waals surface area contributed by atoms with Crippen LogP contribution in [-0.2, 0) is 16.1 Å². The van der Waals surface area contributed by atoms with Gasteiger partial charge in [-0.3, -0.25) is 0 Å². The van der Waals surface area contributed by atoms with Crippen LogP contribution in [0.25, 0.3) is 17.4 Å². The van der Waals surface area contributed by atoms with Gasteiger partial charge >= 0.3 is 5.97 Å². The van der Waals surface area contributed by atoms with Crippen LogP contribution in [0.15, 0.2) is 53.1 Å². The van der Waals surface area contributed by atoms with Crippen LogP contribution < -0.4 is 18.9 Å². The van der Waals surface area contributed by atoms with Gasteiger partial charge in [-0.05, 0) is 42.0 Å². The normalized spacial score (nSPS) is 13.8. The van der Waals surface area contributed by atoms with Crippen LogP contribution in [-0.4, -0.2) is 24.7 Å². The minimum atomic E-state index is -0.490. The molecule has 2 aliphatic heterocycles. The molecule has 2 aromatic carbocycles. The molecule has 8 heteroatoms. The number of ether oxygens (including phenoxy) is 5. The molecule has 0 radical (unpaired) electrons. The van der Waals surface area contributed by atoms with Crippen molar-refractivity contribution in [2.75, 3.05) is 13.6 Å². The maximum Gasteiger partial charge on any atom is 0.331 e. The minimum Gasteiger partial charge on any atom is -0.456 e. The van der Waals surface area contributed by atoms with Crippen molar-refractivity contribution >= 4 is 12.0 Å². The van der Waals surface area contributed by atoms with Gasteiger partial charge in [0.15, 0.2) is 28.8 Å². The summed E-state index contributed by atoms with van der Waals surface area (Å²) in [5, 5.41) is 3.94. The second-order valence-electron chi connectivity index (χ2n) is 6.30. The highest BCUT2D eigenvalue weighted by molar-refractivity contribution is 5.87. The molecule has 0 spiro atoms. The predicted octanol–water partition coefficient (Wildman–Crippen LogP) is 3.56. The van der Waals surface area contributed by atoms with E-state index < -0.39 is 5.97 Å². The Morgan fingerprint density at radius 1 is 0.931 bits per heavy atom. The number of aromatic nitrogens is 1. The zero-order valence-electron chi connectivity index (χ0n) is 15.1. The van der Waals surface area contributed by atoms with Crippen LogP contribution in [0.3, 0.4) is 0 Å². The van der Waals surface area contributed by atoms with Crippen molar-refractivity contribution in [3.8, 4) is 34.3 Å². The van der Waals surface area contributed by atoms with E-state index in [4.69, 9.17) is 28.2 Å². The summed E-state index contributed by atoms with van der Waals surface area (Å²) in [6.07, 6.45) is 2.99. The van der Waals surface area contributed by atoms with E-state index in [2.05, 4.69) is 5.16 Å². The lowest BCUT2D eigenvalue weighted by molar-refractivity contribution is -0.139. The molecule has 3 aromatic rings. The molecule has 0 bridgehead atoms. The molecule has 29 heavy (non-hydrogen) atoms. The van der Waals surface area contributed by atoms with Gasteiger partial charge < -0.3 is 28.2 Å². The van der Waals surface area contributed by atoms with Crippen LogP contribution in [0.1, 0.15) is 11.3 Å². The van der Waals surface area contributed by atoms with E-state index in [1.165, 1.54) is 6.08 Å². The Morgan fingerprint density at radius 2 is 1.66 bits per heavy atom. The first-order valence-electron chi connectivity index (χ1n) is 8.85. The largest absolute Gasteiger partial charge is 0.456 e. The number of carbonyl (C=O) groups is 1. The number of nitrogens with zero attached hydrogens (tertiary/aromatic N) is 1. The van der Waals surface area contributed by atoms with Crippen molar-refractivity contribution in [2.45, 2.75) is 6.61 Å². The fourth-order valence-corrected chi connectivity index (χ4v) is 2.94. The molecule has 0 atom stereocenters. The van der Waals surface area contributed by atoms with Crippen LogP contribution in [0.5, 0.6) is 23.0 Å². The van der Waals surface area contributed by atoms with E-state index in [-0.39, 0.29) is 20.2 Å². The Kier molecular flexibility index (Phi) is 4.28. The number of benzene rings is 2. The monoisotopic (exact) mass is 393 g/mol. The fraction of sp³-hybridized carbons (Fsp3) is 0.143. The lowest BCUT2D eigenvalue weighted by atomic mass is 10.1. The van der Waals surface area contributed by atoms with E-state index in [9.17, 15) is 4.79 Å². The zero-order valence-corrected chi connectivity index (χ0v) is 15.1. The summed E-state index contributed by atoms with van der Waals surface area (Å²) >= 11 is 0. The molecular formula is C21H15NO7. The highest BCUT2D eigenvalue weighted by Crippen LogP contribution is 2.36.